The first-order valence-corrected chi connectivity index (χ1v) is 5.44. The quantitative estimate of drug-likeness (QED) is 0.792. The van der Waals surface area contributed by atoms with Crippen molar-refractivity contribution in [2.75, 3.05) is 6.61 Å². The smallest absolute Gasteiger partial charge is 0.174 e. The van der Waals surface area contributed by atoms with Crippen LogP contribution in [0.4, 0.5) is 0 Å². The minimum absolute atomic E-state index is 0.0119. The fourth-order valence-electron chi connectivity index (χ4n) is 1.79. The normalized spacial score (nSPS) is 18.5. The van der Waals surface area contributed by atoms with Crippen LogP contribution in [0.25, 0.3) is 0 Å². The third-order valence-corrected chi connectivity index (χ3v) is 2.95. The van der Waals surface area contributed by atoms with E-state index in [1.54, 1.807) is 18.2 Å². The molecule has 1 aliphatic heterocycles. The minimum atomic E-state index is -0.243. The van der Waals surface area contributed by atoms with Gasteiger partial charge in [0, 0.05) is 6.42 Å². The van der Waals surface area contributed by atoms with Gasteiger partial charge in [-0.25, -0.2) is 0 Å². The van der Waals surface area contributed by atoms with Gasteiger partial charge in [-0.05, 0) is 18.6 Å². The van der Waals surface area contributed by atoms with E-state index in [1.165, 1.54) is 0 Å². The summed E-state index contributed by atoms with van der Waals surface area (Å²) in [7, 11) is 0. The molecule has 1 unspecified atom stereocenters. The van der Waals surface area contributed by atoms with Crippen molar-refractivity contribution in [1.29, 1.82) is 5.26 Å². The highest BCUT2D eigenvalue weighted by atomic mass is 35.5. The predicted molar refractivity (Wildman–Crippen MR) is 59.6 cm³/mol. The van der Waals surface area contributed by atoms with Crippen LogP contribution in [0, 0.1) is 17.2 Å². The summed E-state index contributed by atoms with van der Waals surface area (Å²) in [6, 6.07) is 7.20. The van der Waals surface area contributed by atoms with E-state index in [0.29, 0.717) is 35.8 Å². The molecule has 1 aromatic carbocycles. The summed E-state index contributed by atoms with van der Waals surface area (Å²) in [5.74, 6) is 0.292. The highest BCUT2D eigenvalue weighted by Gasteiger charge is 2.30. The van der Waals surface area contributed by atoms with Crippen molar-refractivity contribution in [3.63, 3.8) is 0 Å². The number of Topliss-reactive ketones (excluding diaryl/α,β-unsaturated/α-hetero) is 1. The zero-order chi connectivity index (χ0) is 11.5. The molecule has 4 heteroatoms. The Hall–Kier alpha value is -1.53. The molecular weight excluding hydrogens is 226 g/mol. The Labute approximate surface area is 98.6 Å². The molecule has 0 fully saturated rings. The second-order valence-corrected chi connectivity index (χ2v) is 4.09. The number of carbonyl (C=O) groups excluding carboxylic acids is 1. The lowest BCUT2D eigenvalue weighted by molar-refractivity contribution is 0.0823. The Bertz CT molecular complexity index is 465. The summed E-state index contributed by atoms with van der Waals surface area (Å²) < 4.78 is 5.47. The van der Waals surface area contributed by atoms with Crippen LogP contribution in [0.5, 0.6) is 5.75 Å². The number of benzene rings is 1. The van der Waals surface area contributed by atoms with Crippen LogP contribution in [0.15, 0.2) is 18.2 Å². The van der Waals surface area contributed by atoms with Crippen molar-refractivity contribution < 1.29 is 9.53 Å². The predicted octanol–water partition coefficient (Wildman–Crippen LogP) is 2.84. The second-order valence-electron chi connectivity index (χ2n) is 3.68. The van der Waals surface area contributed by atoms with E-state index in [9.17, 15) is 4.79 Å². The Morgan fingerprint density at radius 1 is 1.56 bits per heavy atom. The molecule has 3 nitrogen and oxygen atoms in total. The number of hydrogen-bond donors (Lipinski definition) is 0. The minimum Gasteiger partial charge on any atom is -0.492 e. The van der Waals surface area contributed by atoms with E-state index < -0.39 is 0 Å². The highest BCUT2D eigenvalue weighted by molar-refractivity contribution is 6.34. The van der Waals surface area contributed by atoms with Crippen LogP contribution in [0.3, 0.4) is 0 Å². The van der Waals surface area contributed by atoms with Crippen molar-refractivity contribution in [3.8, 4) is 11.8 Å². The summed E-state index contributed by atoms with van der Waals surface area (Å²) in [6.45, 7) is 0.341. The average molecular weight is 236 g/mol. The van der Waals surface area contributed by atoms with Crippen molar-refractivity contribution in [2.24, 2.45) is 5.92 Å². The maximum Gasteiger partial charge on any atom is 0.174 e. The van der Waals surface area contributed by atoms with Crippen LogP contribution < -0.4 is 4.74 Å². The number of fused-ring (bicyclic) bond motifs is 1. The third kappa shape index (κ3) is 1.89. The van der Waals surface area contributed by atoms with Gasteiger partial charge in [-0.3, -0.25) is 4.79 Å². The number of nitrogens with zero attached hydrogens (tertiary/aromatic N) is 1. The summed E-state index contributed by atoms with van der Waals surface area (Å²) in [4.78, 5) is 12.1. The first kappa shape index (κ1) is 11.0. The second kappa shape index (κ2) is 4.54. The van der Waals surface area contributed by atoms with Gasteiger partial charge in [0.05, 0.1) is 29.2 Å². The highest BCUT2D eigenvalue weighted by Crippen LogP contribution is 2.33. The molecule has 1 heterocycles. The third-order valence-electron chi connectivity index (χ3n) is 2.64. The Kier molecular flexibility index (Phi) is 3.12. The van der Waals surface area contributed by atoms with Gasteiger partial charge in [-0.15, -0.1) is 0 Å². The zero-order valence-corrected chi connectivity index (χ0v) is 9.33. The van der Waals surface area contributed by atoms with Gasteiger partial charge in [-0.2, -0.15) is 5.26 Å². The number of carbonyl (C=O) groups is 1. The molecule has 0 saturated heterocycles. The molecule has 2 rings (SSSR count). The fourth-order valence-corrected chi connectivity index (χ4v) is 2.05. The van der Waals surface area contributed by atoms with Gasteiger partial charge in [0.2, 0.25) is 0 Å². The number of nitriles is 1. The molecule has 1 atom stereocenters. The van der Waals surface area contributed by atoms with E-state index in [2.05, 4.69) is 0 Å². The number of hydrogen-bond acceptors (Lipinski definition) is 3. The van der Waals surface area contributed by atoms with E-state index in [1.807, 2.05) is 6.07 Å². The number of rotatable bonds is 2. The van der Waals surface area contributed by atoms with Gasteiger partial charge in [-0.1, -0.05) is 17.7 Å². The lowest BCUT2D eigenvalue weighted by Crippen LogP contribution is -2.28. The van der Waals surface area contributed by atoms with E-state index >= 15 is 0 Å². The fraction of sp³-hybridized carbons (Fsp3) is 0.333. The van der Waals surface area contributed by atoms with Gasteiger partial charge in [0.15, 0.2) is 5.78 Å². The molecule has 0 N–H and O–H groups in total. The SMILES string of the molecule is N#CCCC1COc2cccc(Cl)c2C1=O. The van der Waals surface area contributed by atoms with Crippen LogP contribution >= 0.6 is 11.6 Å². The van der Waals surface area contributed by atoms with E-state index in [4.69, 9.17) is 21.6 Å². The molecule has 0 aliphatic carbocycles. The zero-order valence-electron chi connectivity index (χ0n) is 8.57. The number of ketones is 1. The monoisotopic (exact) mass is 235 g/mol. The molecule has 0 bridgehead atoms. The number of ether oxygens (including phenoxy) is 1. The maximum atomic E-state index is 12.1. The first-order valence-electron chi connectivity index (χ1n) is 5.06. The van der Waals surface area contributed by atoms with Crippen molar-refractivity contribution in [1.82, 2.24) is 0 Å². The van der Waals surface area contributed by atoms with Crippen LogP contribution in [-0.4, -0.2) is 12.4 Å². The largest absolute Gasteiger partial charge is 0.492 e. The summed E-state index contributed by atoms with van der Waals surface area (Å²) >= 11 is 5.97. The molecule has 0 radical (unpaired) electrons. The Morgan fingerprint density at radius 2 is 2.38 bits per heavy atom. The van der Waals surface area contributed by atoms with Gasteiger partial charge in [0.25, 0.3) is 0 Å². The summed E-state index contributed by atoms with van der Waals surface area (Å²) in [5.41, 5.74) is 0.457. The Morgan fingerprint density at radius 3 is 3.12 bits per heavy atom. The van der Waals surface area contributed by atoms with Crippen molar-refractivity contribution in [2.45, 2.75) is 12.8 Å². The molecule has 0 saturated carbocycles. The number of halogens is 1. The molecule has 1 aromatic rings. The lowest BCUT2D eigenvalue weighted by Gasteiger charge is -2.24. The molecule has 0 spiro atoms. The summed E-state index contributed by atoms with van der Waals surface area (Å²) in [6.07, 6.45) is 0.888. The maximum absolute atomic E-state index is 12.1. The standard InChI is InChI=1S/C12H10ClNO2/c13-9-4-1-5-10-11(9)12(15)8(7-16-10)3-2-6-14/h1,4-5,8H,2-3,7H2. The molecule has 16 heavy (non-hydrogen) atoms. The van der Waals surface area contributed by atoms with Gasteiger partial charge < -0.3 is 4.74 Å². The molecule has 0 aromatic heterocycles. The van der Waals surface area contributed by atoms with Crippen LogP contribution in [0.2, 0.25) is 5.02 Å². The van der Waals surface area contributed by atoms with Crippen molar-refractivity contribution in [3.05, 3.63) is 28.8 Å². The molecule has 0 amide bonds. The molecule has 82 valence electrons. The first-order chi connectivity index (χ1) is 7.74. The molecular formula is C12H10ClNO2. The van der Waals surface area contributed by atoms with E-state index in [0.717, 1.165) is 0 Å². The Balaban J connectivity index is 2.28. The topological polar surface area (TPSA) is 50.1 Å². The summed E-state index contributed by atoms with van der Waals surface area (Å²) in [5, 5.41) is 8.93. The van der Waals surface area contributed by atoms with Crippen molar-refractivity contribution >= 4 is 17.4 Å². The van der Waals surface area contributed by atoms with Gasteiger partial charge >= 0.3 is 0 Å². The van der Waals surface area contributed by atoms with E-state index in [-0.39, 0.29) is 11.7 Å². The van der Waals surface area contributed by atoms with Crippen LogP contribution in [-0.2, 0) is 0 Å². The lowest BCUT2D eigenvalue weighted by atomic mass is 9.91. The average Bonchev–Trinajstić information content (AvgIpc) is 2.28. The molecule has 1 aliphatic rings. The van der Waals surface area contributed by atoms with Crippen LogP contribution in [0.1, 0.15) is 23.2 Å². The van der Waals surface area contributed by atoms with Gasteiger partial charge in [0.1, 0.15) is 5.75 Å².